The van der Waals surface area contributed by atoms with Crippen molar-refractivity contribution in [3.8, 4) is 16.9 Å². The van der Waals surface area contributed by atoms with Gasteiger partial charge in [0, 0.05) is 6.04 Å². The van der Waals surface area contributed by atoms with E-state index in [1.165, 1.54) is 41.5 Å². The molecule has 0 aromatic heterocycles. The van der Waals surface area contributed by atoms with Crippen molar-refractivity contribution in [1.29, 1.82) is 0 Å². The molecule has 2 aromatic rings. The van der Waals surface area contributed by atoms with Crippen LogP contribution in [0.5, 0.6) is 5.75 Å². The molecule has 2 aliphatic rings. The van der Waals surface area contributed by atoms with Gasteiger partial charge >= 0.3 is 0 Å². The first-order valence-corrected chi connectivity index (χ1v) is 7.91. The van der Waals surface area contributed by atoms with Gasteiger partial charge in [0.05, 0.1) is 6.10 Å². The molecule has 0 amide bonds. The summed E-state index contributed by atoms with van der Waals surface area (Å²) in [5, 5.41) is 3.42. The zero-order chi connectivity index (χ0) is 14.2. The lowest BCUT2D eigenvalue weighted by atomic mass is 9.96. The molecule has 2 nitrogen and oxygen atoms in total. The summed E-state index contributed by atoms with van der Waals surface area (Å²) in [4.78, 5) is 0. The zero-order valence-electron chi connectivity index (χ0n) is 12.4. The molecule has 1 atom stereocenters. The number of benzene rings is 2. The van der Waals surface area contributed by atoms with Gasteiger partial charge in [-0.05, 0) is 67.1 Å². The molecule has 4 rings (SSSR count). The minimum atomic E-state index is 0.466. The first-order chi connectivity index (χ1) is 10.3. The van der Waals surface area contributed by atoms with Gasteiger partial charge in [-0.3, -0.25) is 0 Å². The van der Waals surface area contributed by atoms with E-state index in [0.29, 0.717) is 12.1 Å². The normalized spacial score (nSPS) is 20.3. The highest BCUT2D eigenvalue weighted by atomic mass is 16.5. The van der Waals surface area contributed by atoms with Crippen molar-refractivity contribution in [3.05, 3.63) is 53.6 Å². The molecular formula is C19H21NO. The standard InChI is InChI=1S/C19H21NO/c1-20-19-12-11-17-16(3-2-4-18(17)19)13-5-7-14(8-6-13)21-15-9-10-15/h2-8,15,19-20H,9-12H2,1H3. The Bertz CT molecular complexity index is 643. The average Bonchev–Trinajstić information content (AvgIpc) is 3.24. The highest BCUT2D eigenvalue weighted by Crippen LogP contribution is 2.38. The Hall–Kier alpha value is -1.80. The average molecular weight is 279 g/mol. The third-order valence-electron chi connectivity index (χ3n) is 4.61. The van der Waals surface area contributed by atoms with Crippen molar-refractivity contribution < 1.29 is 4.74 Å². The Balaban J connectivity index is 1.65. The molecule has 1 saturated carbocycles. The summed E-state index contributed by atoms with van der Waals surface area (Å²) in [7, 11) is 2.05. The molecule has 21 heavy (non-hydrogen) atoms. The maximum atomic E-state index is 5.83. The van der Waals surface area contributed by atoms with Crippen LogP contribution in [0.4, 0.5) is 0 Å². The number of ether oxygens (including phenoxy) is 1. The molecule has 2 aliphatic carbocycles. The smallest absolute Gasteiger partial charge is 0.119 e. The second-order valence-electron chi connectivity index (χ2n) is 6.09. The van der Waals surface area contributed by atoms with Crippen molar-refractivity contribution in [2.45, 2.75) is 37.8 Å². The first-order valence-electron chi connectivity index (χ1n) is 7.91. The van der Waals surface area contributed by atoms with E-state index in [0.717, 1.165) is 12.2 Å². The van der Waals surface area contributed by atoms with Crippen LogP contribution in [0, 0.1) is 0 Å². The lowest BCUT2D eigenvalue weighted by Crippen LogP contribution is -2.12. The maximum absolute atomic E-state index is 5.83. The first kappa shape index (κ1) is 12.9. The van der Waals surface area contributed by atoms with Gasteiger partial charge < -0.3 is 10.1 Å². The van der Waals surface area contributed by atoms with Gasteiger partial charge in [0.1, 0.15) is 5.75 Å². The fourth-order valence-electron chi connectivity index (χ4n) is 3.32. The number of hydrogen-bond donors (Lipinski definition) is 1. The SMILES string of the molecule is CNC1CCc2c(-c3ccc(OC4CC4)cc3)cccc21. The van der Waals surface area contributed by atoms with Gasteiger partial charge in [-0.15, -0.1) is 0 Å². The second kappa shape index (κ2) is 5.19. The van der Waals surface area contributed by atoms with Crippen molar-refractivity contribution in [1.82, 2.24) is 5.32 Å². The minimum Gasteiger partial charge on any atom is -0.490 e. The molecule has 0 bridgehead atoms. The fourth-order valence-corrected chi connectivity index (χ4v) is 3.32. The minimum absolute atomic E-state index is 0.466. The lowest BCUT2D eigenvalue weighted by molar-refractivity contribution is 0.303. The molecule has 0 heterocycles. The Labute approximate surface area is 126 Å². The van der Waals surface area contributed by atoms with E-state index in [1.54, 1.807) is 0 Å². The van der Waals surface area contributed by atoms with Crippen LogP contribution < -0.4 is 10.1 Å². The summed E-state index contributed by atoms with van der Waals surface area (Å²) in [6.07, 6.45) is 5.25. The van der Waals surface area contributed by atoms with Crippen LogP contribution >= 0.6 is 0 Å². The largest absolute Gasteiger partial charge is 0.490 e. The number of rotatable bonds is 4. The van der Waals surface area contributed by atoms with Gasteiger partial charge in [0.2, 0.25) is 0 Å². The van der Waals surface area contributed by atoms with Crippen molar-refractivity contribution in [2.75, 3.05) is 7.05 Å². The molecule has 0 aliphatic heterocycles. The number of nitrogens with one attached hydrogen (secondary N) is 1. The second-order valence-corrected chi connectivity index (χ2v) is 6.09. The van der Waals surface area contributed by atoms with Crippen LogP contribution in [0.1, 0.15) is 36.4 Å². The maximum Gasteiger partial charge on any atom is 0.119 e. The lowest BCUT2D eigenvalue weighted by Gasteiger charge is -2.13. The van der Waals surface area contributed by atoms with Gasteiger partial charge in [0.15, 0.2) is 0 Å². The predicted molar refractivity (Wildman–Crippen MR) is 85.6 cm³/mol. The third-order valence-corrected chi connectivity index (χ3v) is 4.61. The molecule has 2 heteroatoms. The summed E-state index contributed by atoms with van der Waals surface area (Å²) >= 11 is 0. The molecule has 0 radical (unpaired) electrons. The van der Waals surface area contributed by atoms with Crippen LogP contribution in [0.25, 0.3) is 11.1 Å². The molecule has 0 saturated heterocycles. The Morgan fingerprint density at radius 1 is 1.00 bits per heavy atom. The molecule has 1 fully saturated rings. The Morgan fingerprint density at radius 2 is 1.81 bits per heavy atom. The van der Waals surface area contributed by atoms with E-state index in [1.807, 2.05) is 0 Å². The van der Waals surface area contributed by atoms with Gasteiger partial charge in [-0.1, -0.05) is 30.3 Å². The van der Waals surface area contributed by atoms with Gasteiger partial charge in [0.25, 0.3) is 0 Å². The Kier molecular flexibility index (Phi) is 3.19. The predicted octanol–water partition coefficient (Wildman–Crippen LogP) is 4.10. The van der Waals surface area contributed by atoms with Gasteiger partial charge in [-0.2, -0.15) is 0 Å². The summed E-state index contributed by atoms with van der Waals surface area (Å²) in [6, 6.07) is 15.8. The van der Waals surface area contributed by atoms with E-state index in [2.05, 4.69) is 54.8 Å². The summed E-state index contributed by atoms with van der Waals surface area (Å²) in [5.74, 6) is 1.00. The van der Waals surface area contributed by atoms with E-state index in [-0.39, 0.29) is 0 Å². The number of fused-ring (bicyclic) bond motifs is 1. The van der Waals surface area contributed by atoms with Crippen molar-refractivity contribution in [2.24, 2.45) is 0 Å². The number of hydrogen-bond acceptors (Lipinski definition) is 2. The van der Waals surface area contributed by atoms with Crippen LogP contribution in [-0.2, 0) is 6.42 Å². The van der Waals surface area contributed by atoms with E-state index in [9.17, 15) is 0 Å². The monoisotopic (exact) mass is 279 g/mol. The molecule has 1 unspecified atom stereocenters. The molecular weight excluding hydrogens is 258 g/mol. The van der Waals surface area contributed by atoms with Crippen molar-refractivity contribution >= 4 is 0 Å². The van der Waals surface area contributed by atoms with Crippen molar-refractivity contribution in [3.63, 3.8) is 0 Å². The van der Waals surface area contributed by atoms with Crippen LogP contribution in [-0.4, -0.2) is 13.2 Å². The topological polar surface area (TPSA) is 21.3 Å². The quantitative estimate of drug-likeness (QED) is 0.909. The van der Waals surface area contributed by atoms with Crippen LogP contribution in [0.3, 0.4) is 0 Å². The van der Waals surface area contributed by atoms with E-state index < -0.39 is 0 Å². The molecule has 1 N–H and O–H groups in total. The Morgan fingerprint density at radius 3 is 2.52 bits per heavy atom. The zero-order valence-corrected chi connectivity index (χ0v) is 12.4. The fraction of sp³-hybridized carbons (Fsp3) is 0.368. The summed E-state index contributed by atoms with van der Waals surface area (Å²) < 4.78 is 5.83. The highest BCUT2D eigenvalue weighted by molar-refractivity contribution is 5.70. The molecule has 0 spiro atoms. The van der Waals surface area contributed by atoms with E-state index >= 15 is 0 Å². The van der Waals surface area contributed by atoms with E-state index in [4.69, 9.17) is 4.74 Å². The van der Waals surface area contributed by atoms with Crippen LogP contribution in [0.15, 0.2) is 42.5 Å². The molecule has 2 aromatic carbocycles. The summed E-state index contributed by atoms with van der Waals surface area (Å²) in [5.41, 5.74) is 5.65. The molecule has 108 valence electrons. The van der Waals surface area contributed by atoms with Crippen LogP contribution in [0.2, 0.25) is 0 Å². The van der Waals surface area contributed by atoms with Gasteiger partial charge in [-0.25, -0.2) is 0 Å². The summed E-state index contributed by atoms with van der Waals surface area (Å²) in [6.45, 7) is 0. The highest BCUT2D eigenvalue weighted by Gasteiger charge is 2.24. The third kappa shape index (κ3) is 2.44.